The standard InChI is InChI=1S/C18H29ClN4O2S.HI/c1-4-20-18(21-8-5-13-26(3,24)25)23-11-9-22(10-12-23)17-14-16(19)7-6-15(17)2;/h6-7,14H,4-5,8-13H2,1-3H3,(H,20,21);1H. The van der Waals surface area contributed by atoms with Gasteiger partial charge in [0.25, 0.3) is 0 Å². The normalized spacial score (nSPS) is 15.5. The lowest BCUT2D eigenvalue weighted by molar-refractivity contribution is 0.372. The van der Waals surface area contributed by atoms with E-state index in [0.717, 1.165) is 43.7 Å². The Balaban J connectivity index is 0.00000364. The van der Waals surface area contributed by atoms with Crippen molar-refractivity contribution < 1.29 is 8.42 Å². The van der Waals surface area contributed by atoms with E-state index in [1.54, 1.807) is 0 Å². The summed E-state index contributed by atoms with van der Waals surface area (Å²) in [7, 11) is -2.93. The number of rotatable bonds is 6. The second-order valence-corrected chi connectivity index (χ2v) is 9.32. The van der Waals surface area contributed by atoms with Gasteiger partial charge in [0.1, 0.15) is 9.84 Å². The number of halogens is 2. The van der Waals surface area contributed by atoms with Crippen molar-refractivity contribution in [3.63, 3.8) is 0 Å². The molecule has 0 radical (unpaired) electrons. The lowest BCUT2D eigenvalue weighted by Gasteiger charge is -2.38. The number of guanidine groups is 1. The predicted octanol–water partition coefficient (Wildman–Crippen LogP) is 2.79. The van der Waals surface area contributed by atoms with Gasteiger partial charge in [0.2, 0.25) is 0 Å². The summed E-state index contributed by atoms with van der Waals surface area (Å²) < 4.78 is 22.5. The maximum Gasteiger partial charge on any atom is 0.194 e. The molecule has 1 heterocycles. The van der Waals surface area contributed by atoms with Gasteiger partial charge < -0.3 is 15.1 Å². The van der Waals surface area contributed by atoms with Crippen molar-refractivity contribution in [1.29, 1.82) is 0 Å². The quantitative estimate of drug-likeness (QED) is 0.266. The van der Waals surface area contributed by atoms with Gasteiger partial charge in [0.15, 0.2) is 5.96 Å². The Hall–Kier alpha value is -0.740. The van der Waals surface area contributed by atoms with E-state index in [2.05, 4.69) is 33.1 Å². The number of aryl methyl sites for hydroxylation is 1. The Kier molecular flexibility index (Phi) is 10.2. The summed E-state index contributed by atoms with van der Waals surface area (Å²) in [5, 5.41) is 4.07. The van der Waals surface area contributed by atoms with Crippen LogP contribution in [0.4, 0.5) is 5.69 Å². The van der Waals surface area contributed by atoms with Crippen molar-refractivity contribution in [1.82, 2.24) is 10.2 Å². The maximum atomic E-state index is 11.2. The van der Waals surface area contributed by atoms with Crippen molar-refractivity contribution >= 4 is 57.1 Å². The van der Waals surface area contributed by atoms with Crippen LogP contribution in [0.5, 0.6) is 0 Å². The van der Waals surface area contributed by atoms with Crippen LogP contribution in [0.3, 0.4) is 0 Å². The molecule has 0 aliphatic carbocycles. The highest BCUT2D eigenvalue weighted by Crippen LogP contribution is 2.25. The van der Waals surface area contributed by atoms with Crippen LogP contribution in [-0.2, 0) is 9.84 Å². The van der Waals surface area contributed by atoms with E-state index in [9.17, 15) is 8.42 Å². The summed E-state index contributed by atoms with van der Waals surface area (Å²) in [6.07, 6.45) is 1.81. The number of piperazine rings is 1. The summed E-state index contributed by atoms with van der Waals surface area (Å²) in [4.78, 5) is 9.19. The first-order valence-electron chi connectivity index (χ1n) is 9.02. The number of anilines is 1. The van der Waals surface area contributed by atoms with Gasteiger partial charge in [-0.3, -0.25) is 4.99 Å². The number of benzene rings is 1. The van der Waals surface area contributed by atoms with Crippen molar-refractivity contribution in [2.75, 3.05) is 56.2 Å². The molecule has 27 heavy (non-hydrogen) atoms. The lowest BCUT2D eigenvalue weighted by atomic mass is 10.1. The molecule has 154 valence electrons. The molecule has 9 heteroatoms. The highest BCUT2D eigenvalue weighted by atomic mass is 127. The Bertz CT molecular complexity index is 735. The first kappa shape index (κ1) is 24.3. The van der Waals surface area contributed by atoms with Crippen LogP contribution in [0.1, 0.15) is 18.9 Å². The smallest absolute Gasteiger partial charge is 0.194 e. The van der Waals surface area contributed by atoms with E-state index in [4.69, 9.17) is 11.6 Å². The average Bonchev–Trinajstić information content (AvgIpc) is 2.59. The maximum absolute atomic E-state index is 11.2. The molecule has 1 saturated heterocycles. The molecule has 0 spiro atoms. The minimum atomic E-state index is -2.93. The van der Waals surface area contributed by atoms with Crippen molar-refractivity contribution in [3.05, 3.63) is 28.8 Å². The fourth-order valence-electron chi connectivity index (χ4n) is 3.02. The molecule has 0 amide bonds. The van der Waals surface area contributed by atoms with Gasteiger partial charge >= 0.3 is 0 Å². The van der Waals surface area contributed by atoms with Crippen LogP contribution in [0.25, 0.3) is 0 Å². The van der Waals surface area contributed by atoms with Gasteiger partial charge in [-0.05, 0) is 38.0 Å². The summed E-state index contributed by atoms with van der Waals surface area (Å²) in [6.45, 7) is 8.97. The second kappa shape index (κ2) is 11.3. The Morgan fingerprint density at radius 1 is 1.26 bits per heavy atom. The van der Waals surface area contributed by atoms with Crippen molar-refractivity contribution in [3.8, 4) is 0 Å². The third-order valence-corrected chi connectivity index (χ3v) is 5.63. The SMILES string of the molecule is CCNC(=NCCCS(C)(=O)=O)N1CCN(c2cc(Cl)ccc2C)CC1.I. The van der Waals surface area contributed by atoms with E-state index in [1.807, 2.05) is 19.1 Å². The topological polar surface area (TPSA) is 65.0 Å². The molecule has 1 fully saturated rings. The molecule has 0 atom stereocenters. The molecule has 1 aromatic carbocycles. The Morgan fingerprint density at radius 3 is 2.52 bits per heavy atom. The Morgan fingerprint density at radius 2 is 1.93 bits per heavy atom. The molecule has 1 aliphatic rings. The van der Waals surface area contributed by atoms with E-state index >= 15 is 0 Å². The summed E-state index contributed by atoms with van der Waals surface area (Å²) in [5.41, 5.74) is 2.41. The molecule has 0 bridgehead atoms. The molecule has 6 nitrogen and oxygen atoms in total. The van der Waals surface area contributed by atoms with E-state index < -0.39 is 9.84 Å². The van der Waals surface area contributed by atoms with Crippen LogP contribution in [0.15, 0.2) is 23.2 Å². The van der Waals surface area contributed by atoms with E-state index in [-0.39, 0.29) is 29.7 Å². The zero-order valence-electron chi connectivity index (χ0n) is 16.2. The summed E-state index contributed by atoms with van der Waals surface area (Å²) >= 11 is 6.15. The highest BCUT2D eigenvalue weighted by Gasteiger charge is 2.21. The van der Waals surface area contributed by atoms with Gasteiger partial charge in [-0.2, -0.15) is 0 Å². The predicted molar refractivity (Wildman–Crippen MR) is 126 cm³/mol. The first-order valence-corrected chi connectivity index (χ1v) is 11.5. The van der Waals surface area contributed by atoms with Gasteiger partial charge in [0.05, 0.1) is 5.75 Å². The number of sulfone groups is 1. The number of hydrogen-bond acceptors (Lipinski definition) is 4. The summed E-state index contributed by atoms with van der Waals surface area (Å²) in [5.74, 6) is 1.04. The average molecular weight is 529 g/mol. The van der Waals surface area contributed by atoms with E-state index in [1.165, 1.54) is 17.5 Å². The van der Waals surface area contributed by atoms with Crippen LogP contribution >= 0.6 is 35.6 Å². The molecular weight excluding hydrogens is 499 g/mol. The fourth-order valence-corrected chi connectivity index (χ4v) is 3.84. The third-order valence-electron chi connectivity index (χ3n) is 4.36. The van der Waals surface area contributed by atoms with Crippen LogP contribution in [0.2, 0.25) is 5.02 Å². The molecular formula is C18H30ClIN4O2S. The Labute approximate surface area is 185 Å². The molecule has 1 N–H and O–H groups in total. The van der Waals surface area contributed by atoms with Gasteiger partial charge in [0, 0.05) is 56.2 Å². The number of nitrogens with one attached hydrogen (secondary N) is 1. The third kappa shape index (κ3) is 8.03. The molecule has 2 rings (SSSR count). The number of aliphatic imine (C=N–C) groups is 1. The van der Waals surface area contributed by atoms with Crippen LogP contribution in [0, 0.1) is 6.92 Å². The largest absolute Gasteiger partial charge is 0.368 e. The number of hydrogen-bond donors (Lipinski definition) is 1. The zero-order chi connectivity index (χ0) is 19.2. The van der Waals surface area contributed by atoms with Crippen molar-refractivity contribution in [2.24, 2.45) is 4.99 Å². The minimum Gasteiger partial charge on any atom is -0.368 e. The van der Waals surface area contributed by atoms with Gasteiger partial charge in [-0.15, -0.1) is 24.0 Å². The summed E-state index contributed by atoms with van der Waals surface area (Å²) in [6, 6.07) is 6.00. The minimum absolute atomic E-state index is 0. The highest BCUT2D eigenvalue weighted by molar-refractivity contribution is 14.0. The van der Waals surface area contributed by atoms with Gasteiger partial charge in [-0.1, -0.05) is 17.7 Å². The van der Waals surface area contributed by atoms with Crippen LogP contribution in [-0.4, -0.2) is 70.6 Å². The van der Waals surface area contributed by atoms with E-state index in [0.29, 0.717) is 13.0 Å². The molecule has 1 aromatic rings. The fraction of sp³-hybridized carbons (Fsp3) is 0.611. The molecule has 0 aromatic heterocycles. The second-order valence-electron chi connectivity index (χ2n) is 6.62. The molecule has 1 aliphatic heterocycles. The zero-order valence-corrected chi connectivity index (χ0v) is 20.1. The van der Waals surface area contributed by atoms with Crippen molar-refractivity contribution in [2.45, 2.75) is 20.3 Å². The molecule has 0 saturated carbocycles. The lowest BCUT2D eigenvalue weighted by Crippen LogP contribution is -2.52. The first-order chi connectivity index (χ1) is 12.3. The molecule has 0 unspecified atom stereocenters. The monoisotopic (exact) mass is 528 g/mol. The van der Waals surface area contributed by atoms with Gasteiger partial charge in [-0.25, -0.2) is 8.42 Å². The number of nitrogens with zero attached hydrogens (tertiary/aromatic N) is 3. The van der Waals surface area contributed by atoms with Crippen LogP contribution < -0.4 is 10.2 Å².